The standard InChI is InChI=1S/C28H40N2O2/c1-3-4-5-6-7-17-28(31)29(2)23-24-13-12-14-25(22-24)26-15-8-9-16-27(26)32-21-20-30-18-10-11-19-30/h8-9,12-16,22H,3-7,10-11,17-21,23H2,1-2H3. The molecule has 1 amide bonds. The molecule has 1 fully saturated rings. The van der Waals surface area contributed by atoms with Gasteiger partial charge in [-0.05, 0) is 55.6 Å². The highest BCUT2D eigenvalue weighted by molar-refractivity contribution is 5.76. The summed E-state index contributed by atoms with van der Waals surface area (Å²) in [7, 11) is 1.91. The van der Waals surface area contributed by atoms with E-state index in [-0.39, 0.29) is 5.91 Å². The molecule has 0 radical (unpaired) electrons. The second kappa shape index (κ2) is 13.3. The smallest absolute Gasteiger partial charge is 0.222 e. The molecule has 0 spiro atoms. The number of ether oxygens (including phenoxy) is 1. The maximum atomic E-state index is 12.5. The van der Waals surface area contributed by atoms with Crippen LogP contribution in [-0.4, -0.2) is 49.0 Å². The van der Waals surface area contributed by atoms with Crippen molar-refractivity contribution < 1.29 is 9.53 Å². The minimum Gasteiger partial charge on any atom is -0.492 e. The molecule has 0 atom stereocenters. The number of likely N-dealkylation sites (tertiary alicyclic amines) is 1. The van der Waals surface area contributed by atoms with Crippen molar-refractivity contribution in [1.82, 2.24) is 9.80 Å². The van der Waals surface area contributed by atoms with Crippen LogP contribution in [0.4, 0.5) is 0 Å². The molecule has 4 nitrogen and oxygen atoms in total. The highest BCUT2D eigenvalue weighted by Crippen LogP contribution is 2.30. The third kappa shape index (κ3) is 7.67. The predicted octanol–water partition coefficient (Wildman–Crippen LogP) is 6.15. The first-order valence-electron chi connectivity index (χ1n) is 12.4. The van der Waals surface area contributed by atoms with Crippen molar-refractivity contribution in [1.29, 1.82) is 0 Å². The SMILES string of the molecule is CCCCCCCC(=O)N(C)Cc1cccc(-c2ccccc2OCCN2CCCC2)c1. The summed E-state index contributed by atoms with van der Waals surface area (Å²) in [4.78, 5) is 16.8. The molecular formula is C28H40N2O2. The molecule has 0 unspecified atom stereocenters. The van der Waals surface area contributed by atoms with Crippen LogP contribution in [0.15, 0.2) is 48.5 Å². The van der Waals surface area contributed by atoms with Crippen LogP contribution in [-0.2, 0) is 11.3 Å². The maximum Gasteiger partial charge on any atom is 0.222 e. The van der Waals surface area contributed by atoms with E-state index >= 15 is 0 Å². The van der Waals surface area contributed by atoms with E-state index in [2.05, 4.69) is 54.3 Å². The van der Waals surface area contributed by atoms with Gasteiger partial charge in [-0.15, -0.1) is 0 Å². The van der Waals surface area contributed by atoms with E-state index in [1.54, 1.807) is 0 Å². The quantitative estimate of drug-likeness (QED) is 0.353. The molecule has 3 rings (SSSR count). The molecule has 0 aromatic heterocycles. The highest BCUT2D eigenvalue weighted by atomic mass is 16.5. The van der Waals surface area contributed by atoms with Crippen LogP contribution in [0.25, 0.3) is 11.1 Å². The third-order valence-corrected chi connectivity index (χ3v) is 6.33. The van der Waals surface area contributed by atoms with E-state index in [4.69, 9.17) is 4.74 Å². The first kappa shape index (κ1) is 24.3. The Bertz CT molecular complexity index is 830. The van der Waals surface area contributed by atoms with Crippen LogP contribution in [0.1, 0.15) is 63.9 Å². The minimum atomic E-state index is 0.234. The summed E-state index contributed by atoms with van der Waals surface area (Å²) in [6.45, 7) is 6.94. The Hall–Kier alpha value is -2.33. The molecule has 0 bridgehead atoms. The molecule has 0 aliphatic carbocycles. The number of para-hydroxylation sites is 1. The van der Waals surface area contributed by atoms with Crippen LogP contribution >= 0.6 is 0 Å². The van der Waals surface area contributed by atoms with Gasteiger partial charge in [0.05, 0.1) is 0 Å². The highest BCUT2D eigenvalue weighted by Gasteiger charge is 2.13. The van der Waals surface area contributed by atoms with Gasteiger partial charge in [0.2, 0.25) is 5.91 Å². The molecule has 4 heteroatoms. The van der Waals surface area contributed by atoms with Crippen molar-refractivity contribution >= 4 is 5.91 Å². The van der Waals surface area contributed by atoms with E-state index in [9.17, 15) is 4.79 Å². The molecule has 1 aliphatic rings. The molecule has 1 heterocycles. The Morgan fingerprint density at radius 1 is 1.00 bits per heavy atom. The summed E-state index contributed by atoms with van der Waals surface area (Å²) in [5, 5.41) is 0. The summed E-state index contributed by atoms with van der Waals surface area (Å²) < 4.78 is 6.18. The van der Waals surface area contributed by atoms with E-state index in [1.165, 1.54) is 45.2 Å². The molecular weight excluding hydrogens is 396 g/mol. The number of amides is 1. The van der Waals surface area contributed by atoms with Gasteiger partial charge < -0.3 is 9.64 Å². The normalized spacial score (nSPS) is 13.9. The van der Waals surface area contributed by atoms with Crippen LogP contribution in [0.5, 0.6) is 5.75 Å². The fraction of sp³-hybridized carbons (Fsp3) is 0.536. The topological polar surface area (TPSA) is 32.8 Å². The van der Waals surface area contributed by atoms with E-state index in [0.717, 1.165) is 41.8 Å². The monoisotopic (exact) mass is 436 g/mol. The molecule has 2 aromatic carbocycles. The summed E-state index contributed by atoms with van der Waals surface area (Å²) in [6, 6.07) is 16.8. The molecule has 0 N–H and O–H groups in total. The van der Waals surface area contributed by atoms with Gasteiger partial charge in [0, 0.05) is 32.1 Å². The van der Waals surface area contributed by atoms with Gasteiger partial charge in [0.25, 0.3) is 0 Å². The number of benzene rings is 2. The Kier molecular flexibility index (Phi) is 10.1. The van der Waals surface area contributed by atoms with Gasteiger partial charge in [0.1, 0.15) is 12.4 Å². The second-order valence-electron chi connectivity index (χ2n) is 9.01. The van der Waals surface area contributed by atoms with Crippen molar-refractivity contribution in [3.05, 3.63) is 54.1 Å². The Labute approximate surface area is 194 Å². The van der Waals surface area contributed by atoms with Crippen LogP contribution in [0.3, 0.4) is 0 Å². The number of hydrogen-bond donors (Lipinski definition) is 0. The third-order valence-electron chi connectivity index (χ3n) is 6.33. The Morgan fingerprint density at radius 3 is 2.59 bits per heavy atom. The number of nitrogens with zero attached hydrogens (tertiary/aromatic N) is 2. The van der Waals surface area contributed by atoms with Gasteiger partial charge in [-0.2, -0.15) is 0 Å². The van der Waals surface area contributed by atoms with Crippen LogP contribution in [0, 0.1) is 0 Å². The van der Waals surface area contributed by atoms with Crippen molar-refractivity contribution in [2.45, 2.75) is 64.8 Å². The van der Waals surface area contributed by atoms with E-state index in [1.807, 2.05) is 18.0 Å². The minimum absolute atomic E-state index is 0.234. The lowest BCUT2D eigenvalue weighted by Crippen LogP contribution is -2.25. The van der Waals surface area contributed by atoms with Crippen LogP contribution < -0.4 is 4.74 Å². The zero-order valence-corrected chi connectivity index (χ0v) is 20.0. The number of carbonyl (C=O) groups excluding carboxylic acids is 1. The lowest BCUT2D eigenvalue weighted by Gasteiger charge is -2.19. The zero-order valence-electron chi connectivity index (χ0n) is 20.0. The van der Waals surface area contributed by atoms with Gasteiger partial charge in [-0.3, -0.25) is 9.69 Å². The van der Waals surface area contributed by atoms with Crippen molar-refractivity contribution in [2.24, 2.45) is 0 Å². The molecule has 1 aliphatic heterocycles. The van der Waals surface area contributed by atoms with Crippen molar-refractivity contribution in [3.8, 4) is 16.9 Å². The maximum absolute atomic E-state index is 12.5. The fourth-order valence-corrected chi connectivity index (χ4v) is 4.39. The lowest BCUT2D eigenvalue weighted by atomic mass is 10.0. The molecule has 2 aromatic rings. The molecule has 32 heavy (non-hydrogen) atoms. The first-order chi connectivity index (χ1) is 15.7. The van der Waals surface area contributed by atoms with Gasteiger partial charge in [0.15, 0.2) is 0 Å². The summed E-state index contributed by atoms with van der Waals surface area (Å²) in [5.74, 6) is 1.16. The van der Waals surface area contributed by atoms with Gasteiger partial charge in [-0.1, -0.05) is 69.0 Å². The number of hydrogen-bond acceptors (Lipinski definition) is 3. The first-order valence-corrected chi connectivity index (χ1v) is 12.4. The molecule has 1 saturated heterocycles. The Morgan fingerprint density at radius 2 is 1.78 bits per heavy atom. The fourth-order valence-electron chi connectivity index (χ4n) is 4.39. The van der Waals surface area contributed by atoms with E-state index < -0.39 is 0 Å². The summed E-state index contributed by atoms with van der Waals surface area (Å²) in [6.07, 6.45) is 9.13. The molecule has 174 valence electrons. The molecule has 0 saturated carbocycles. The number of unbranched alkanes of at least 4 members (excludes halogenated alkanes) is 4. The van der Waals surface area contributed by atoms with Gasteiger partial charge >= 0.3 is 0 Å². The average molecular weight is 437 g/mol. The lowest BCUT2D eigenvalue weighted by molar-refractivity contribution is -0.130. The second-order valence-corrected chi connectivity index (χ2v) is 9.01. The number of carbonyl (C=O) groups is 1. The van der Waals surface area contributed by atoms with Crippen molar-refractivity contribution in [2.75, 3.05) is 33.3 Å². The summed E-state index contributed by atoms with van der Waals surface area (Å²) >= 11 is 0. The largest absolute Gasteiger partial charge is 0.492 e. The predicted molar refractivity (Wildman–Crippen MR) is 133 cm³/mol. The van der Waals surface area contributed by atoms with E-state index in [0.29, 0.717) is 19.6 Å². The average Bonchev–Trinajstić information content (AvgIpc) is 3.33. The Balaban J connectivity index is 1.56. The van der Waals surface area contributed by atoms with Crippen molar-refractivity contribution in [3.63, 3.8) is 0 Å². The zero-order chi connectivity index (χ0) is 22.6. The van der Waals surface area contributed by atoms with Crippen LogP contribution in [0.2, 0.25) is 0 Å². The van der Waals surface area contributed by atoms with Gasteiger partial charge in [-0.25, -0.2) is 0 Å². The number of rotatable bonds is 13. The summed E-state index contributed by atoms with van der Waals surface area (Å²) in [5.41, 5.74) is 3.40.